The van der Waals surface area contributed by atoms with Crippen LogP contribution in [0.2, 0.25) is 0 Å². The summed E-state index contributed by atoms with van der Waals surface area (Å²) in [5.74, 6) is 3.18. The van der Waals surface area contributed by atoms with Gasteiger partial charge in [-0.1, -0.05) is 13.3 Å². The second-order valence-corrected chi connectivity index (χ2v) is 5.75. The van der Waals surface area contributed by atoms with E-state index in [4.69, 9.17) is 15.2 Å². The van der Waals surface area contributed by atoms with E-state index in [2.05, 4.69) is 12.2 Å². The number of hydrogen-bond donors (Lipinski definition) is 2. The predicted octanol–water partition coefficient (Wildman–Crippen LogP) is 2.89. The van der Waals surface area contributed by atoms with Gasteiger partial charge in [-0.15, -0.1) is 0 Å². The van der Waals surface area contributed by atoms with Crippen molar-refractivity contribution in [2.45, 2.75) is 26.2 Å². The van der Waals surface area contributed by atoms with Gasteiger partial charge in [0, 0.05) is 18.7 Å². The first-order valence-corrected chi connectivity index (χ1v) is 7.15. The second-order valence-electron chi connectivity index (χ2n) is 5.75. The van der Waals surface area contributed by atoms with Crippen molar-refractivity contribution in [3.8, 4) is 11.5 Å². The van der Waals surface area contributed by atoms with Crippen LogP contribution in [0.5, 0.6) is 11.5 Å². The number of nitrogens with two attached hydrogens (primary N) is 1. The quantitative estimate of drug-likeness (QED) is 0.822. The minimum Gasteiger partial charge on any atom is -0.486 e. The van der Waals surface area contributed by atoms with Gasteiger partial charge in [0.1, 0.15) is 13.2 Å². The summed E-state index contributed by atoms with van der Waals surface area (Å²) in [7, 11) is 0. The van der Waals surface area contributed by atoms with Crippen molar-refractivity contribution in [1.29, 1.82) is 0 Å². The highest BCUT2D eigenvalue weighted by Crippen LogP contribution is 2.37. The lowest BCUT2D eigenvalue weighted by molar-refractivity contribution is 0.172. The van der Waals surface area contributed by atoms with Gasteiger partial charge in [-0.3, -0.25) is 0 Å². The van der Waals surface area contributed by atoms with E-state index in [0.29, 0.717) is 13.2 Å². The third-order valence-corrected chi connectivity index (χ3v) is 4.10. The Balaban J connectivity index is 1.67. The van der Waals surface area contributed by atoms with Crippen molar-refractivity contribution < 1.29 is 9.47 Å². The Kier molecular flexibility index (Phi) is 3.40. The first-order chi connectivity index (χ1) is 9.22. The zero-order valence-corrected chi connectivity index (χ0v) is 11.4. The minimum atomic E-state index is 0.596. The summed E-state index contributed by atoms with van der Waals surface area (Å²) in [4.78, 5) is 0. The van der Waals surface area contributed by atoms with Crippen LogP contribution in [0.1, 0.15) is 26.2 Å². The van der Waals surface area contributed by atoms with E-state index >= 15 is 0 Å². The van der Waals surface area contributed by atoms with Crippen LogP contribution in [-0.2, 0) is 0 Å². The summed E-state index contributed by atoms with van der Waals surface area (Å²) in [5.41, 5.74) is 7.75. The van der Waals surface area contributed by atoms with Crippen molar-refractivity contribution >= 4 is 11.4 Å². The molecule has 3 N–H and O–H groups in total. The minimum absolute atomic E-state index is 0.596. The molecule has 1 aliphatic heterocycles. The van der Waals surface area contributed by atoms with Crippen molar-refractivity contribution in [3.63, 3.8) is 0 Å². The van der Waals surface area contributed by atoms with Crippen LogP contribution in [0.15, 0.2) is 12.1 Å². The first kappa shape index (κ1) is 12.5. The van der Waals surface area contributed by atoms with Crippen LogP contribution >= 0.6 is 0 Å². The SMILES string of the molecule is CC1CCC(CNc2cc3c(cc2N)OCCO3)C1. The molecule has 19 heavy (non-hydrogen) atoms. The van der Waals surface area contributed by atoms with Gasteiger partial charge in [0.15, 0.2) is 11.5 Å². The summed E-state index contributed by atoms with van der Waals surface area (Å²) in [5, 5.41) is 3.46. The first-order valence-electron chi connectivity index (χ1n) is 7.15. The molecule has 1 saturated carbocycles. The number of anilines is 2. The summed E-state index contributed by atoms with van der Waals surface area (Å²) in [6.45, 7) is 4.53. The van der Waals surface area contributed by atoms with Gasteiger partial charge in [-0.25, -0.2) is 0 Å². The molecule has 3 rings (SSSR count). The molecule has 2 atom stereocenters. The second kappa shape index (κ2) is 5.19. The number of benzene rings is 1. The highest BCUT2D eigenvalue weighted by atomic mass is 16.6. The predicted molar refractivity (Wildman–Crippen MR) is 76.8 cm³/mol. The lowest BCUT2D eigenvalue weighted by atomic mass is 10.1. The number of hydrogen-bond acceptors (Lipinski definition) is 4. The molecule has 0 aromatic heterocycles. The van der Waals surface area contributed by atoms with E-state index < -0.39 is 0 Å². The van der Waals surface area contributed by atoms with E-state index in [9.17, 15) is 0 Å². The summed E-state index contributed by atoms with van der Waals surface area (Å²) < 4.78 is 11.1. The molecular weight excluding hydrogens is 240 g/mol. The normalized spacial score (nSPS) is 25.3. The van der Waals surface area contributed by atoms with Gasteiger partial charge in [0.25, 0.3) is 0 Å². The van der Waals surface area contributed by atoms with Gasteiger partial charge in [0.05, 0.1) is 11.4 Å². The van der Waals surface area contributed by atoms with Gasteiger partial charge in [-0.2, -0.15) is 0 Å². The van der Waals surface area contributed by atoms with Gasteiger partial charge < -0.3 is 20.5 Å². The van der Waals surface area contributed by atoms with Crippen LogP contribution in [0.4, 0.5) is 11.4 Å². The average Bonchev–Trinajstić information content (AvgIpc) is 2.82. The number of ether oxygens (including phenoxy) is 2. The van der Waals surface area contributed by atoms with Crippen molar-refractivity contribution in [1.82, 2.24) is 0 Å². The Labute approximate surface area is 114 Å². The molecular formula is C15H22N2O2. The molecule has 1 fully saturated rings. The fraction of sp³-hybridized carbons (Fsp3) is 0.600. The number of nitrogen functional groups attached to an aromatic ring is 1. The van der Waals surface area contributed by atoms with Gasteiger partial charge in [0.2, 0.25) is 0 Å². The van der Waals surface area contributed by atoms with Gasteiger partial charge in [-0.05, 0) is 24.7 Å². The van der Waals surface area contributed by atoms with Crippen LogP contribution in [0.3, 0.4) is 0 Å². The molecule has 2 aliphatic rings. The zero-order chi connectivity index (χ0) is 13.2. The molecule has 1 heterocycles. The molecule has 1 aromatic carbocycles. The number of fused-ring (bicyclic) bond motifs is 1. The number of nitrogens with one attached hydrogen (secondary N) is 1. The molecule has 0 spiro atoms. The Bertz CT molecular complexity index is 462. The third-order valence-electron chi connectivity index (χ3n) is 4.10. The molecule has 4 heteroatoms. The molecule has 0 amide bonds. The van der Waals surface area contributed by atoms with E-state index in [0.717, 1.165) is 41.3 Å². The smallest absolute Gasteiger partial charge is 0.163 e. The van der Waals surface area contributed by atoms with E-state index in [1.807, 2.05) is 12.1 Å². The molecule has 4 nitrogen and oxygen atoms in total. The topological polar surface area (TPSA) is 56.5 Å². The average molecular weight is 262 g/mol. The van der Waals surface area contributed by atoms with Crippen LogP contribution < -0.4 is 20.5 Å². The van der Waals surface area contributed by atoms with Crippen LogP contribution in [0, 0.1) is 11.8 Å². The molecule has 1 aliphatic carbocycles. The highest BCUT2D eigenvalue weighted by Gasteiger charge is 2.21. The van der Waals surface area contributed by atoms with Crippen LogP contribution in [0.25, 0.3) is 0 Å². The maximum Gasteiger partial charge on any atom is 0.163 e. The third kappa shape index (κ3) is 2.72. The molecule has 0 radical (unpaired) electrons. The lowest BCUT2D eigenvalue weighted by Gasteiger charge is -2.21. The molecule has 0 saturated heterocycles. The zero-order valence-electron chi connectivity index (χ0n) is 11.4. The Morgan fingerprint density at radius 2 is 1.95 bits per heavy atom. The van der Waals surface area contributed by atoms with Crippen LogP contribution in [-0.4, -0.2) is 19.8 Å². The largest absolute Gasteiger partial charge is 0.486 e. The molecule has 2 unspecified atom stereocenters. The number of rotatable bonds is 3. The maximum atomic E-state index is 6.06. The monoisotopic (exact) mass is 262 g/mol. The van der Waals surface area contributed by atoms with E-state index in [1.165, 1.54) is 19.3 Å². The highest BCUT2D eigenvalue weighted by molar-refractivity contribution is 5.72. The van der Waals surface area contributed by atoms with Crippen molar-refractivity contribution in [2.24, 2.45) is 11.8 Å². The summed E-state index contributed by atoms with van der Waals surface area (Å²) in [6, 6.07) is 3.82. The maximum absolute atomic E-state index is 6.06. The van der Waals surface area contributed by atoms with Gasteiger partial charge >= 0.3 is 0 Å². The fourth-order valence-corrected chi connectivity index (χ4v) is 3.02. The fourth-order valence-electron chi connectivity index (χ4n) is 3.02. The summed E-state index contributed by atoms with van der Waals surface area (Å²) in [6.07, 6.45) is 3.99. The van der Waals surface area contributed by atoms with E-state index in [1.54, 1.807) is 0 Å². The van der Waals surface area contributed by atoms with Crippen molar-refractivity contribution in [2.75, 3.05) is 30.8 Å². The lowest BCUT2D eigenvalue weighted by Crippen LogP contribution is -2.17. The molecule has 104 valence electrons. The summed E-state index contributed by atoms with van der Waals surface area (Å²) >= 11 is 0. The Morgan fingerprint density at radius 1 is 1.21 bits per heavy atom. The van der Waals surface area contributed by atoms with E-state index in [-0.39, 0.29) is 0 Å². The Hall–Kier alpha value is -1.58. The standard InChI is InChI=1S/C15H22N2O2/c1-10-2-3-11(6-10)9-17-13-8-15-14(7-12(13)16)18-4-5-19-15/h7-8,10-11,17H,2-6,9,16H2,1H3. The molecule has 1 aromatic rings. The Morgan fingerprint density at radius 3 is 2.63 bits per heavy atom. The molecule has 0 bridgehead atoms. The van der Waals surface area contributed by atoms with Crippen molar-refractivity contribution in [3.05, 3.63) is 12.1 Å².